The van der Waals surface area contributed by atoms with Crippen molar-refractivity contribution in [1.29, 1.82) is 0 Å². The van der Waals surface area contributed by atoms with Crippen LogP contribution in [-0.2, 0) is 9.59 Å². The van der Waals surface area contributed by atoms with E-state index in [0.717, 1.165) is 56.8 Å². The molecular weight excluding hydrogens is 376 g/mol. The van der Waals surface area contributed by atoms with E-state index in [1.54, 1.807) is 0 Å². The van der Waals surface area contributed by atoms with Crippen LogP contribution < -0.4 is 10.2 Å². The number of likely N-dealkylation sites (N-methyl/N-ethyl adjacent to an activating group) is 1. The number of anilines is 2. The minimum Gasteiger partial charge on any atom is -0.369 e. The molecule has 2 saturated heterocycles. The average Bonchev–Trinajstić information content (AvgIpc) is 2.74. The van der Waals surface area contributed by atoms with Crippen LogP contribution in [0.5, 0.6) is 0 Å². The molecular formula is C24H38N4O2. The average molecular weight is 415 g/mol. The van der Waals surface area contributed by atoms with E-state index < -0.39 is 0 Å². The lowest BCUT2D eigenvalue weighted by atomic mass is 9.90. The molecule has 3 rings (SSSR count). The molecule has 6 nitrogen and oxygen atoms in total. The van der Waals surface area contributed by atoms with Crippen LogP contribution in [0, 0.1) is 18.3 Å². The number of likely N-dealkylation sites (tertiary alicyclic amines) is 1. The van der Waals surface area contributed by atoms with Gasteiger partial charge in [-0.2, -0.15) is 0 Å². The maximum Gasteiger partial charge on any atom is 0.227 e. The van der Waals surface area contributed by atoms with Crippen LogP contribution in [0.15, 0.2) is 18.2 Å². The van der Waals surface area contributed by atoms with Gasteiger partial charge >= 0.3 is 0 Å². The first kappa shape index (κ1) is 22.6. The van der Waals surface area contributed by atoms with E-state index in [1.807, 2.05) is 31.7 Å². The molecule has 0 bridgehead atoms. The summed E-state index contributed by atoms with van der Waals surface area (Å²) >= 11 is 0. The summed E-state index contributed by atoms with van der Waals surface area (Å²) < 4.78 is 0. The number of hydrogen-bond donors (Lipinski definition) is 1. The lowest BCUT2D eigenvalue weighted by Gasteiger charge is -2.36. The van der Waals surface area contributed by atoms with Gasteiger partial charge in [0.1, 0.15) is 0 Å². The molecule has 2 aliphatic heterocycles. The van der Waals surface area contributed by atoms with Crippen molar-refractivity contribution in [3.63, 3.8) is 0 Å². The highest BCUT2D eigenvalue weighted by Gasteiger charge is 2.32. The Kier molecular flexibility index (Phi) is 7.06. The summed E-state index contributed by atoms with van der Waals surface area (Å²) in [5.74, 6) is 0.216. The molecule has 1 aromatic carbocycles. The summed E-state index contributed by atoms with van der Waals surface area (Å²) in [7, 11) is 0. The van der Waals surface area contributed by atoms with E-state index in [0.29, 0.717) is 13.1 Å². The van der Waals surface area contributed by atoms with Gasteiger partial charge < -0.3 is 20.0 Å². The Balaban J connectivity index is 1.54. The third-order valence-corrected chi connectivity index (χ3v) is 6.45. The lowest BCUT2D eigenvalue weighted by molar-refractivity contribution is -0.142. The molecule has 2 fully saturated rings. The second-order valence-electron chi connectivity index (χ2n) is 9.73. The second kappa shape index (κ2) is 9.38. The predicted molar refractivity (Wildman–Crippen MR) is 123 cm³/mol. The van der Waals surface area contributed by atoms with Crippen molar-refractivity contribution in [1.82, 2.24) is 9.80 Å². The van der Waals surface area contributed by atoms with Gasteiger partial charge in [-0.05, 0) is 50.1 Å². The summed E-state index contributed by atoms with van der Waals surface area (Å²) in [4.78, 5) is 32.1. The standard InChI is InChI=1S/C24H38N4O2/c1-6-26-13-15-27(16-14-26)20-7-8-21(18(2)17-20)25-22(29)19-9-11-28(12-10-19)23(30)24(3,4)5/h7-8,17,19H,6,9-16H2,1-5H3,(H,25,29). The highest BCUT2D eigenvalue weighted by atomic mass is 16.2. The number of carbonyl (C=O) groups is 2. The molecule has 0 saturated carbocycles. The number of rotatable bonds is 4. The van der Waals surface area contributed by atoms with Gasteiger partial charge in [-0.1, -0.05) is 27.7 Å². The van der Waals surface area contributed by atoms with Gasteiger partial charge in [0, 0.05) is 62.0 Å². The van der Waals surface area contributed by atoms with Crippen LogP contribution in [0.4, 0.5) is 11.4 Å². The van der Waals surface area contributed by atoms with E-state index in [2.05, 4.69) is 41.1 Å². The third-order valence-electron chi connectivity index (χ3n) is 6.45. The maximum absolute atomic E-state index is 12.8. The highest BCUT2D eigenvalue weighted by molar-refractivity contribution is 5.93. The van der Waals surface area contributed by atoms with Crippen molar-refractivity contribution in [3.05, 3.63) is 23.8 Å². The number of nitrogens with zero attached hydrogens (tertiary/aromatic N) is 3. The Hall–Kier alpha value is -2.08. The van der Waals surface area contributed by atoms with Gasteiger partial charge in [0.2, 0.25) is 11.8 Å². The fourth-order valence-electron chi connectivity index (χ4n) is 4.36. The van der Waals surface area contributed by atoms with Crippen molar-refractivity contribution in [2.45, 2.75) is 47.5 Å². The van der Waals surface area contributed by atoms with Crippen LogP contribution in [0.3, 0.4) is 0 Å². The molecule has 0 atom stereocenters. The fourth-order valence-corrected chi connectivity index (χ4v) is 4.36. The predicted octanol–water partition coefficient (Wildman–Crippen LogP) is 3.36. The molecule has 0 unspecified atom stereocenters. The minimum atomic E-state index is -0.364. The second-order valence-corrected chi connectivity index (χ2v) is 9.73. The maximum atomic E-state index is 12.8. The lowest BCUT2D eigenvalue weighted by Crippen LogP contribution is -2.46. The molecule has 0 aromatic heterocycles. The van der Waals surface area contributed by atoms with Gasteiger partial charge in [0.15, 0.2) is 0 Å². The number of amides is 2. The van der Waals surface area contributed by atoms with Crippen molar-refractivity contribution in [2.24, 2.45) is 11.3 Å². The van der Waals surface area contributed by atoms with Gasteiger partial charge in [-0.15, -0.1) is 0 Å². The van der Waals surface area contributed by atoms with Gasteiger partial charge in [-0.3, -0.25) is 9.59 Å². The van der Waals surface area contributed by atoms with Crippen LogP contribution in [0.25, 0.3) is 0 Å². The Labute approximate surface area is 181 Å². The molecule has 1 aromatic rings. The quantitative estimate of drug-likeness (QED) is 0.821. The molecule has 30 heavy (non-hydrogen) atoms. The zero-order valence-electron chi connectivity index (χ0n) is 19.3. The minimum absolute atomic E-state index is 0.0322. The Morgan fingerprint density at radius 1 is 1.03 bits per heavy atom. The van der Waals surface area contributed by atoms with Crippen molar-refractivity contribution in [2.75, 3.05) is 56.0 Å². The fraction of sp³-hybridized carbons (Fsp3) is 0.667. The molecule has 2 heterocycles. The zero-order valence-corrected chi connectivity index (χ0v) is 19.3. The molecule has 0 aliphatic carbocycles. The normalized spacial score (nSPS) is 19.1. The van der Waals surface area contributed by atoms with Crippen molar-refractivity contribution >= 4 is 23.2 Å². The molecule has 6 heteroatoms. The first-order valence-electron chi connectivity index (χ1n) is 11.4. The largest absolute Gasteiger partial charge is 0.369 e. The summed E-state index contributed by atoms with van der Waals surface area (Å²) in [6.07, 6.45) is 1.46. The molecule has 166 valence electrons. The number of nitrogens with one attached hydrogen (secondary N) is 1. The first-order valence-corrected chi connectivity index (χ1v) is 11.4. The molecule has 1 N–H and O–H groups in total. The van der Waals surface area contributed by atoms with E-state index in [4.69, 9.17) is 0 Å². The number of piperidine rings is 1. The van der Waals surface area contributed by atoms with Crippen LogP contribution >= 0.6 is 0 Å². The Morgan fingerprint density at radius 3 is 2.20 bits per heavy atom. The van der Waals surface area contributed by atoms with Crippen molar-refractivity contribution in [3.8, 4) is 0 Å². The number of benzene rings is 1. The summed E-state index contributed by atoms with van der Waals surface area (Å²) in [6, 6.07) is 6.34. The Morgan fingerprint density at radius 2 is 1.67 bits per heavy atom. The molecule has 0 radical (unpaired) electrons. The highest BCUT2D eigenvalue weighted by Crippen LogP contribution is 2.27. The molecule has 2 aliphatic rings. The van der Waals surface area contributed by atoms with E-state index in [-0.39, 0.29) is 23.1 Å². The van der Waals surface area contributed by atoms with Gasteiger partial charge in [0.05, 0.1) is 0 Å². The third kappa shape index (κ3) is 5.34. The molecule has 2 amide bonds. The van der Waals surface area contributed by atoms with E-state index >= 15 is 0 Å². The number of piperazine rings is 1. The van der Waals surface area contributed by atoms with Crippen LogP contribution in [0.2, 0.25) is 0 Å². The van der Waals surface area contributed by atoms with Gasteiger partial charge in [0.25, 0.3) is 0 Å². The SMILES string of the molecule is CCN1CCN(c2ccc(NC(=O)C3CCN(C(=O)C(C)(C)C)CC3)c(C)c2)CC1. The zero-order chi connectivity index (χ0) is 21.9. The van der Waals surface area contributed by atoms with Crippen LogP contribution in [0.1, 0.15) is 46.1 Å². The molecule has 0 spiro atoms. The number of aryl methyl sites for hydroxylation is 1. The van der Waals surface area contributed by atoms with Crippen molar-refractivity contribution < 1.29 is 9.59 Å². The van der Waals surface area contributed by atoms with Crippen LogP contribution in [-0.4, -0.2) is 67.4 Å². The summed E-state index contributed by atoms with van der Waals surface area (Å²) in [6.45, 7) is 16.9. The number of hydrogen-bond acceptors (Lipinski definition) is 4. The topological polar surface area (TPSA) is 55.9 Å². The summed E-state index contributed by atoms with van der Waals surface area (Å²) in [5, 5.41) is 3.13. The Bertz CT molecular complexity index is 755. The smallest absolute Gasteiger partial charge is 0.227 e. The summed E-state index contributed by atoms with van der Waals surface area (Å²) in [5.41, 5.74) is 2.86. The first-order chi connectivity index (χ1) is 14.2. The van der Waals surface area contributed by atoms with E-state index in [9.17, 15) is 9.59 Å². The monoisotopic (exact) mass is 414 g/mol. The van der Waals surface area contributed by atoms with E-state index in [1.165, 1.54) is 5.69 Å². The number of carbonyl (C=O) groups excluding carboxylic acids is 2. The van der Waals surface area contributed by atoms with Gasteiger partial charge in [-0.25, -0.2) is 0 Å².